The molecule has 0 saturated carbocycles. The Bertz CT molecular complexity index is 321. The minimum atomic E-state index is -0.943. The van der Waals surface area contributed by atoms with Crippen LogP contribution in [0.4, 0.5) is 0 Å². The van der Waals surface area contributed by atoms with Gasteiger partial charge in [0, 0.05) is 32.0 Å². The van der Waals surface area contributed by atoms with Crippen molar-refractivity contribution >= 4 is 17.8 Å². The van der Waals surface area contributed by atoms with Crippen molar-refractivity contribution in [1.29, 1.82) is 0 Å². The van der Waals surface area contributed by atoms with E-state index in [1.165, 1.54) is 11.8 Å². The molecule has 6 heteroatoms. The monoisotopic (exact) mass is 258 g/mol. The van der Waals surface area contributed by atoms with Crippen LogP contribution in [-0.2, 0) is 14.4 Å². The summed E-state index contributed by atoms with van der Waals surface area (Å²) >= 11 is 0. The summed E-state index contributed by atoms with van der Waals surface area (Å²) in [5, 5.41) is 11.2. The fraction of sp³-hybridized carbons (Fsp3) is 0.750. The lowest BCUT2D eigenvalue weighted by Gasteiger charge is -2.29. The van der Waals surface area contributed by atoms with Gasteiger partial charge in [-0.05, 0) is 0 Å². The molecule has 104 valence electrons. The Kier molecular flexibility index (Phi) is 6.36. The third kappa shape index (κ3) is 6.88. The molecule has 2 N–H and O–H groups in total. The van der Waals surface area contributed by atoms with Gasteiger partial charge in [-0.25, -0.2) is 0 Å². The number of carbonyl (C=O) groups excluding carboxylic acids is 2. The Balaban J connectivity index is 4.46. The highest BCUT2D eigenvalue weighted by Crippen LogP contribution is 2.17. The molecule has 0 aromatic carbocycles. The molecule has 0 unspecified atom stereocenters. The quantitative estimate of drug-likeness (QED) is 0.725. The van der Waals surface area contributed by atoms with Crippen LogP contribution in [0.5, 0.6) is 0 Å². The lowest BCUT2D eigenvalue weighted by molar-refractivity contribution is -0.142. The molecule has 2 amide bonds. The van der Waals surface area contributed by atoms with Gasteiger partial charge in [-0.15, -0.1) is 0 Å². The standard InChI is InChI=1S/C12H22N2O4/c1-9(15)13-6-8-14(7-5-10(16)17)11(18)12(2,3)4/h5-8H2,1-4H3,(H,13,15)(H,16,17). The van der Waals surface area contributed by atoms with Gasteiger partial charge in [0.15, 0.2) is 0 Å². The molecule has 0 aliphatic rings. The van der Waals surface area contributed by atoms with E-state index < -0.39 is 11.4 Å². The first-order chi connectivity index (χ1) is 8.14. The largest absolute Gasteiger partial charge is 0.481 e. The molecule has 0 aliphatic heterocycles. The number of hydrogen-bond donors (Lipinski definition) is 2. The second-order valence-electron chi connectivity index (χ2n) is 5.17. The van der Waals surface area contributed by atoms with Gasteiger partial charge in [-0.2, -0.15) is 0 Å². The predicted octanol–water partition coefficient (Wildman–Crippen LogP) is 0.472. The summed E-state index contributed by atoms with van der Waals surface area (Å²) in [6.45, 7) is 7.54. The van der Waals surface area contributed by atoms with Crippen LogP contribution in [0.25, 0.3) is 0 Å². The summed E-state index contributed by atoms with van der Waals surface area (Å²) in [5.74, 6) is -1.23. The molecule has 0 saturated heterocycles. The van der Waals surface area contributed by atoms with E-state index in [1.807, 2.05) is 0 Å². The lowest BCUT2D eigenvalue weighted by atomic mass is 9.94. The molecular formula is C12H22N2O4. The maximum Gasteiger partial charge on any atom is 0.305 e. The zero-order valence-electron chi connectivity index (χ0n) is 11.4. The van der Waals surface area contributed by atoms with Crippen LogP contribution in [0.2, 0.25) is 0 Å². The molecule has 0 radical (unpaired) electrons. The Hall–Kier alpha value is -1.59. The van der Waals surface area contributed by atoms with Crippen LogP contribution in [-0.4, -0.2) is 47.4 Å². The summed E-state index contributed by atoms with van der Waals surface area (Å²) in [7, 11) is 0. The normalized spacial score (nSPS) is 10.9. The molecule has 0 aromatic rings. The fourth-order valence-corrected chi connectivity index (χ4v) is 1.39. The Morgan fingerprint density at radius 1 is 1.17 bits per heavy atom. The molecular weight excluding hydrogens is 236 g/mol. The number of nitrogens with one attached hydrogen (secondary N) is 1. The van der Waals surface area contributed by atoms with Gasteiger partial charge < -0.3 is 15.3 Å². The third-order valence-electron chi connectivity index (χ3n) is 2.28. The minimum absolute atomic E-state index is 0.0953. The number of carbonyl (C=O) groups is 3. The van der Waals surface area contributed by atoms with Crippen LogP contribution in [0.1, 0.15) is 34.1 Å². The molecule has 6 nitrogen and oxygen atoms in total. The SMILES string of the molecule is CC(=O)NCCN(CCC(=O)O)C(=O)C(C)(C)C. The average Bonchev–Trinajstić information content (AvgIpc) is 2.20. The van der Waals surface area contributed by atoms with E-state index in [2.05, 4.69) is 5.32 Å². The lowest BCUT2D eigenvalue weighted by Crippen LogP contribution is -2.44. The summed E-state index contributed by atoms with van der Waals surface area (Å²) in [4.78, 5) is 34.8. The summed E-state index contributed by atoms with van der Waals surface area (Å²) < 4.78 is 0. The number of carboxylic acid groups (broad SMARTS) is 1. The molecule has 0 fully saturated rings. The maximum absolute atomic E-state index is 12.1. The summed E-state index contributed by atoms with van der Waals surface area (Å²) in [5.41, 5.74) is -0.561. The molecule has 0 atom stereocenters. The van der Waals surface area contributed by atoms with Gasteiger partial charge in [0.1, 0.15) is 0 Å². The zero-order valence-corrected chi connectivity index (χ0v) is 11.4. The molecule has 0 aliphatic carbocycles. The van der Waals surface area contributed by atoms with Gasteiger partial charge in [0.25, 0.3) is 0 Å². The van der Waals surface area contributed by atoms with Crippen LogP contribution in [0.3, 0.4) is 0 Å². The molecule has 0 spiro atoms. The van der Waals surface area contributed by atoms with Crippen molar-refractivity contribution in [2.24, 2.45) is 5.41 Å². The van der Waals surface area contributed by atoms with Crippen LogP contribution in [0, 0.1) is 5.41 Å². The number of rotatable bonds is 6. The second kappa shape index (κ2) is 6.98. The Morgan fingerprint density at radius 2 is 1.72 bits per heavy atom. The highest BCUT2D eigenvalue weighted by molar-refractivity contribution is 5.82. The van der Waals surface area contributed by atoms with Crippen molar-refractivity contribution in [3.8, 4) is 0 Å². The highest BCUT2D eigenvalue weighted by atomic mass is 16.4. The average molecular weight is 258 g/mol. The fourth-order valence-electron chi connectivity index (χ4n) is 1.39. The molecule has 0 bridgehead atoms. The first kappa shape index (κ1) is 16.4. The Morgan fingerprint density at radius 3 is 2.11 bits per heavy atom. The van der Waals surface area contributed by atoms with E-state index in [-0.39, 0.29) is 24.8 Å². The highest BCUT2D eigenvalue weighted by Gasteiger charge is 2.27. The number of nitrogens with zero attached hydrogens (tertiary/aromatic N) is 1. The van der Waals surface area contributed by atoms with Crippen molar-refractivity contribution < 1.29 is 19.5 Å². The van der Waals surface area contributed by atoms with Gasteiger partial charge in [-0.1, -0.05) is 20.8 Å². The van der Waals surface area contributed by atoms with E-state index in [0.717, 1.165) is 0 Å². The van der Waals surface area contributed by atoms with Crippen molar-refractivity contribution in [3.63, 3.8) is 0 Å². The molecule has 18 heavy (non-hydrogen) atoms. The number of carboxylic acids is 1. The second-order valence-corrected chi connectivity index (χ2v) is 5.17. The van der Waals surface area contributed by atoms with Gasteiger partial charge >= 0.3 is 5.97 Å². The predicted molar refractivity (Wildman–Crippen MR) is 67.0 cm³/mol. The maximum atomic E-state index is 12.1. The third-order valence-corrected chi connectivity index (χ3v) is 2.28. The van der Waals surface area contributed by atoms with E-state index in [4.69, 9.17) is 5.11 Å². The first-order valence-electron chi connectivity index (χ1n) is 5.90. The van der Waals surface area contributed by atoms with Gasteiger partial charge in [-0.3, -0.25) is 14.4 Å². The van der Waals surface area contributed by atoms with Gasteiger partial charge in [0.05, 0.1) is 6.42 Å². The van der Waals surface area contributed by atoms with E-state index in [0.29, 0.717) is 13.1 Å². The van der Waals surface area contributed by atoms with Crippen LogP contribution in [0.15, 0.2) is 0 Å². The van der Waals surface area contributed by atoms with E-state index >= 15 is 0 Å². The summed E-state index contributed by atoms with van der Waals surface area (Å²) in [6, 6.07) is 0. The topological polar surface area (TPSA) is 86.7 Å². The Labute approximate surface area is 107 Å². The van der Waals surface area contributed by atoms with E-state index in [1.54, 1.807) is 20.8 Å². The molecule has 0 heterocycles. The molecule has 0 aromatic heterocycles. The first-order valence-corrected chi connectivity index (χ1v) is 5.90. The number of aliphatic carboxylic acids is 1. The smallest absolute Gasteiger partial charge is 0.305 e. The van der Waals surface area contributed by atoms with Crippen LogP contribution < -0.4 is 5.32 Å². The van der Waals surface area contributed by atoms with E-state index in [9.17, 15) is 14.4 Å². The number of amides is 2. The van der Waals surface area contributed by atoms with Crippen molar-refractivity contribution in [1.82, 2.24) is 10.2 Å². The zero-order chi connectivity index (χ0) is 14.3. The molecule has 0 rings (SSSR count). The van der Waals surface area contributed by atoms with Crippen molar-refractivity contribution in [3.05, 3.63) is 0 Å². The number of hydrogen-bond acceptors (Lipinski definition) is 3. The van der Waals surface area contributed by atoms with Crippen molar-refractivity contribution in [2.45, 2.75) is 34.1 Å². The van der Waals surface area contributed by atoms with Crippen molar-refractivity contribution in [2.75, 3.05) is 19.6 Å². The van der Waals surface area contributed by atoms with Crippen LogP contribution >= 0.6 is 0 Å². The summed E-state index contributed by atoms with van der Waals surface area (Å²) in [6.07, 6.45) is -0.0953. The van der Waals surface area contributed by atoms with Gasteiger partial charge in [0.2, 0.25) is 11.8 Å². The minimum Gasteiger partial charge on any atom is -0.481 e.